The van der Waals surface area contributed by atoms with E-state index in [0.29, 0.717) is 23.0 Å². The molecule has 0 heterocycles. The van der Waals surface area contributed by atoms with Crippen molar-refractivity contribution in [3.63, 3.8) is 0 Å². The molecule has 1 saturated carbocycles. The molecule has 0 radical (unpaired) electrons. The normalized spacial score (nSPS) is 19.2. The van der Waals surface area contributed by atoms with E-state index in [0.717, 1.165) is 25.7 Å². The fourth-order valence-electron chi connectivity index (χ4n) is 2.63. The standard InChI is InChI=1S/C18H21INO8/c20-19-28-27-18-11-9-17(10-12-18)26-25-16-7-5-15(6-8-16)24-23-14-3-1-13(22-21)2-4-14/h1-4,9-12,15-16,21H,5-8,20H2/q-1. The molecule has 0 amide bonds. The third-order valence-electron chi connectivity index (χ3n) is 4.10. The Hall–Kier alpha value is -1.83. The zero-order valence-corrected chi connectivity index (χ0v) is 17.0. The van der Waals surface area contributed by atoms with E-state index in [1.165, 1.54) is 0 Å². The monoisotopic (exact) mass is 506 g/mol. The fraction of sp³-hybridized carbons (Fsp3) is 0.333. The minimum atomic E-state index is -0.877. The summed E-state index contributed by atoms with van der Waals surface area (Å²) in [6.45, 7) is 0. The second kappa shape index (κ2) is 11.2. The second-order valence-corrected chi connectivity index (χ2v) is 6.90. The Labute approximate surface area is 173 Å². The van der Waals surface area contributed by atoms with E-state index in [9.17, 15) is 0 Å². The molecule has 1 aliphatic rings. The molecule has 2 aromatic carbocycles. The van der Waals surface area contributed by atoms with Crippen LogP contribution in [0, 0.1) is 0 Å². The maximum absolute atomic E-state index is 8.54. The van der Waals surface area contributed by atoms with Gasteiger partial charge in [-0.2, -0.15) is 4.89 Å². The summed E-state index contributed by atoms with van der Waals surface area (Å²) in [4.78, 5) is 30.7. The average molecular weight is 506 g/mol. The Morgan fingerprint density at radius 2 is 1.07 bits per heavy atom. The van der Waals surface area contributed by atoms with Crippen LogP contribution in [-0.2, 0) is 13.0 Å². The predicted octanol–water partition coefficient (Wildman–Crippen LogP) is 0.359. The molecule has 3 rings (SSSR count). The Kier molecular flexibility index (Phi) is 8.39. The topological polar surface area (TPSA) is 111 Å². The molecule has 3 N–H and O–H groups in total. The first-order valence-electron chi connectivity index (χ1n) is 8.62. The average Bonchev–Trinajstić information content (AvgIpc) is 2.76. The van der Waals surface area contributed by atoms with Gasteiger partial charge in [0.25, 0.3) is 0 Å². The van der Waals surface area contributed by atoms with Crippen molar-refractivity contribution in [3.05, 3.63) is 48.5 Å². The van der Waals surface area contributed by atoms with Crippen molar-refractivity contribution in [2.45, 2.75) is 37.9 Å². The molecular weight excluding hydrogens is 485 g/mol. The SMILES string of the molecule is N[I-]OOc1ccc(OOC2CCC(OOc3ccc(OO)cc3)CC2)cc1. The number of benzene rings is 2. The van der Waals surface area contributed by atoms with E-state index in [1.807, 2.05) is 0 Å². The van der Waals surface area contributed by atoms with Gasteiger partial charge in [0.15, 0.2) is 11.5 Å². The van der Waals surface area contributed by atoms with Crippen LogP contribution in [0.4, 0.5) is 0 Å². The summed E-state index contributed by atoms with van der Waals surface area (Å²) in [5, 5.41) is 8.54. The van der Waals surface area contributed by atoms with Crippen molar-refractivity contribution in [2.75, 3.05) is 0 Å². The first-order valence-corrected chi connectivity index (χ1v) is 10.7. The van der Waals surface area contributed by atoms with Crippen LogP contribution in [-0.4, -0.2) is 17.5 Å². The van der Waals surface area contributed by atoms with Gasteiger partial charge in [-0.25, -0.2) is 5.26 Å². The summed E-state index contributed by atoms with van der Waals surface area (Å²) in [7, 11) is 0. The van der Waals surface area contributed by atoms with E-state index in [1.54, 1.807) is 48.5 Å². The second-order valence-electron chi connectivity index (χ2n) is 6.03. The van der Waals surface area contributed by atoms with E-state index in [4.69, 9.17) is 36.9 Å². The number of rotatable bonds is 10. The van der Waals surface area contributed by atoms with E-state index < -0.39 is 21.9 Å². The third kappa shape index (κ3) is 6.65. The first kappa shape index (κ1) is 20.9. The molecule has 0 saturated heterocycles. The molecule has 0 aromatic heterocycles. The van der Waals surface area contributed by atoms with E-state index in [2.05, 4.69) is 4.89 Å². The van der Waals surface area contributed by atoms with Crippen molar-refractivity contribution in [3.8, 4) is 23.0 Å². The van der Waals surface area contributed by atoms with Crippen molar-refractivity contribution >= 4 is 0 Å². The molecule has 0 aliphatic heterocycles. The number of hydrogen-bond acceptors (Lipinski definition) is 9. The van der Waals surface area contributed by atoms with Gasteiger partial charge >= 0.3 is 117 Å². The van der Waals surface area contributed by atoms with Gasteiger partial charge in [0, 0.05) is 0 Å². The summed E-state index contributed by atoms with van der Waals surface area (Å²) in [6.07, 6.45) is 3.13. The summed E-state index contributed by atoms with van der Waals surface area (Å²) >= 11 is -0.877. The summed E-state index contributed by atoms with van der Waals surface area (Å²) in [5.41, 5.74) is 0. The number of hydrogen-bond donors (Lipinski definition) is 2. The molecule has 0 bridgehead atoms. The van der Waals surface area contributed by atoms with Crippen LogP contribution in [0.25, 0.3) is 0 Å². The molecule has 154 valence electrons. The molecule has 9 nitrogen and oxygen atoms in total. The van der Waals surface area contributed by atoms with Gasteiger partial charge in [-0.3, -0.25) is 0 Å². The molecule has 10 heteroatoms. The summed E-state index contributed by atoms with van der Waals surface area (Å²) < 4.78 is 10.1. The van der Waals surface area contributed by atoms with Crippen molar-refractivity contribution < 1.29 is 59.7 Å². The Balaban J connectivity index is 1.33. The van der Waals surface area contributed by atoms with Gasteiger partial charge in [0.05, 0.1) is 0 Å². The molecular formula is C18H21INO8-. The van der Waals surface area contributed by atoms with Crippen molar-refractivity contribution in [1.82, 2.24) is 0 Å². The summed E-state index contributed by atoms with van der Waals surface area (Å²) in [5.74, 6) is 1.99. The molecule has 1 aliphatic carbocycles. The van der Waals surface area contributed by atoms with E-state index in [-0.39, 0.29) is 12.2 Å². The van der Waals surface area contributed by atoms with Crippen LogP contribution >= 0.6 is 0 Å². The van der Waals surface area contributed by atoms with Gasteiger partial charge in [-0.1, -0.05) is 0 Å². The van der Waals surface area contributed by atoms with Gasteiger partial charge in [-0.05, 0) is 24.3 Å². The molecule has 0 unspecified atom stereocenters. The van der Waals surface area contributed by atoms with Crippen LogP contribution in [0.5, 0.6) is 23.0 Å². The number of nitrogens with two attached hydrogens (primary N) is 1. The zero-order valence-electron chi connectivity index (χ0n) is 14.9. The first-order chi connectivity index (χ1) is 13.8. The van der Waals surface area contributed by atoms with Crippen LogP contribution in [0.15, 0.2) is 48.5 Å². The van der Waals surface area contributed by atoms with Crippen molar-refractivity contribution in [1.29, 1.82) is 0 Å². The molecule has 28 heavy (non-hydrogen) atoms. The molecule has 0 atom stereocenters. The Bertz CT molecular complexity index is 692. The molecule has 0 spiro atoms. The summed E-state index contributed by atoms with van der Waals surface area (Å²) in [6, 6.07) is 13.3. The predicted molar refractivity (Wildman–Crippen MR) is 91.5 cm³/mol. The van der Waals surface area contributed by atoms with Crippen LogP contribution in [0.1, 0.15) is 25.7 Å². The van der Waals surface area contributed by atoms with Gasteiger partial charge in [0.1, 0.15) is 0 Å². The third-order valence-corrected chi connectivity index (χ3v) is 4.49. The minimum absolute atomic E-state index is 0.0120. The van der Waals surface area contributed by atoms with Gasteiger partial charge < -0.3 is 9.78 Å². The fourth-order valence-corrected chi connectivity index (χ4v) is 2.94. The van der Waals surface area contributed by atoms with Crippen molar-refractivity contribution in [2.24, 2.45) is 3.95 Å². The zero-order chi connectivity index (χ0) is 19.6. The van der Waals surface area contributed by atoms with Crippen LogP contribution < -0.4 is 45.4 Å². The van der Waals surface area contributed by atoms with Crippen LogP contribution in [0.2, 0.25) is 0 Å². The van der Waals surface area contributed by atoms with Gasteiger partial charge in [0.2, 0.25) is 0 Å². The quantitative estimate of drug-likeness (QED) is 0.204. The Morgan fingerprint density at radius 1 is 0.679 bits per heavy atom. The van der Waals surface area contributed by atoms with Crippen LogP contribution in [0.3, 0.4) is 0 Å². The van der Waals surface area contributed by atoms with Gasteiger partial charge in [-0.15, -0.1) is 0 Å². The molecule has 2 aromatic rings. The molecule has 1 fully saturated rings. The number of halogens is 1. The maximum atomic E-state index is 8.54. The Morgan fingerprint density at radius 3 is 1.46 bits per heavy atom. The van der Waals surface area contributed by atoms with E-state index >= 15 is 0 Å².